The average molecular weight is 536 g/mol. The Hall–Kier alpha value is -3.69. The molecule has 0 aliphatic carbocycles. The van der Waals surface area contributed by atoms with E-state index >= 15 is 0 Å². The van der Waals surface area contributed by atoms with E-state index < -0.39 is 12.0 Å². The Bertz CT molecular complexity index is 1430. The van der Waals surface area contributed by atoms with E-state index in [0.717, 1.165) is 0 Å². The molecule has 0 radical (unpaired) electrons. The van der Waals surface area contributed by atoms with Gasteiger partial charge in [-0.2, -0.15) is 13.2 Å². The summed E-state index contributed by atoms with van der Waals surface area (Å²) in [5.74, 6) is 0.681. The zero-order valence-electron chi connectivity index (χ0n) is 18.9. The molecular formula is C25H18Cl2F3N3O3. The number of rotatable bonds is 6. The Morgan fingerprint density at radius 2 is 1.56 bits per heavy atom. The highest BCUT2D eigenvalue weighted by molar-refractivity contribution is 6.42. The number of nitrogens with one attached hydrogen (secondary N) is 1. The lowest BCUT2D eigenvalue weighted by Gasteiger charge is -2.14. The summed E-state index contributed by atoms with van der Waals surface area (Å²) in [6.45, 7) is 0. The van der Waals surface area contributed by atoms with Gasteiger partial charge in [0.2, 0.25) is 5.84 Å². The molecule has 186 valence electrons. The van der Waals surface area contributed by atoms with Crippen LogP contribution in [0.4, 0.5) is 24.5 Å². The second-order valence-electron chi connectivity index (χ2n) is 7.34. The van der Waals surface area contributed by atoms with Gasteiger partial charge in [-0.15, -0.1) is 0 Å². The molecule has 0 bridgehead atoms. The molecule has 4 rings (SSSR count). The van der Waals surface area contributed by atoms with Gasteiger partial charge in [0.1, 0.15) is 11.5 Å². The average Bonchev–Trinajstić information content (AvgIpc) is 2.85. The third kappa shape index (κ3) is 5.75. The number of hydrogen-bond acceptors (Lipinski definition) is 5. The van der Waals surface area contributed by atoms with E-state index in [4.69, 9.17) is 37.4 Å². The van der Waals surface area contributed by atoms with Gasteiger partial charge < -0.3 is 19.5 Å². The molecule has 0 amide bonds. The first-order valence-electron chi connectivity index (χ1n) is 10.3. The van der Waals surface area contributed by atoms with Crippen molar-refractivity contribution in [1.29, 1.82) is 0 Å². The van der Waals surface area contributed by atoms with Crippen molar-refractivity contribution in [1.82, 2.24) is 4.98 Å². The molecule has 0 saturated heterocycles. The minimum absolute atomic E-state index is 0.0632. The van der Waals surface area contributed by atoms with Crippen molar-refractivity contribution < 1.29 is 27.4 Å². The van der Waals surface area contributed by atoms with Gasteiger partial charge in [0.15, 0.2) is 11.5 Å². The highest BCUT2D eigenvalue weighted by atomic mass is 35.5. The standard InChI is InChI=1S/C25H18Cl2F3N3O3/c1-34-22-12-17-20(13-23(22)35-2)31-10-9-21(17)36-16-6-3-14(4-7-16)32-24(25(28,29)30)33-15-5-8-18(26)19(27)11-15/h3-13H,1-2H3,(H,32,33). The molecule has 0 saturated carbocycles. The molecule has 36 heavy (non-hydrogen) atoms. The van der Waals surface area contributed by atoms with Crippen LogP contribution in [0, 0.1) is 0 Å². The number of alkyl halides is 3. The van der Waals surface area contributed by atoms with Crippen LogP contribution in [0.5, 0.6) is 23.0 Å². The third-order valence-electron chi connectivity index (χ3n) is 4.96. The van der Waals surface area contributed by atoms with E-state index in [2.05, 4.69) is 15.3 Å². The molecule has 0 fully saturated rings. The summed E-state index contributed by atoms with van der Waals surface area (Å²) in [6, 6.07) is 15.0. The Morgan fingerprint density at radius 1 is 0.861 bits per heavy atom. The van der Waals surface area contributed by atoms with Crippen LogP contribution in [0.25, 0.3) is 10.9 Å². The highest BCUT2D eigenvalue weighted by Gasteiger charge is 2.36. The molecule has 0 aliphatic rings. The minimum Gasteiger partial charge on any atom is -0.493 e. The quantitative estimate of drug-likeness (QED) is 0.200. The van der Waals surface area contributed by atoms with E-state index in [1.165, 1.54) is 56.7 Å². The Kier molecular flexibility index (Phi) is 7.42. The van der Waals surface area contributed by atoms with Crippen LogP contribution in [-0.4, -0.2) is 31.2 Å². The van der Waals surface area contributed by atoms with Gasteiger partial charge in [-0.25, -0.2) is 4.99 Å². The zero-order chi connectivity index (χ0) is 25.9. The van der Waals surface area contributed by atoms with Crippen molar-refractivity contribution in [2.75, 3.05) is 19.5 Å². The molecule has 6 nitrogen and oxygen atoms in total. The molecule has 4 aromatic rings. The van der Waals surface area contributed by atoms with Crippen molar-refractivity contribution in [3.63, 3.8) is 0 Å². The Morgan fingerprint density at radius 3 is 2.19 bits per heavy atom. The zero-order valence-corrected chi connectivity index (χ0v) is 20.4. The largest absolute Gasteiger partial charge is 0.493 e. The first kappa shape index (κ1) is 25.4. The fourth-order valence-electron chi connectivity index (χ4n) is 3.25. The number of fused-ring (bicyclic) bond motifs is 1. The topological polar surface area (TPSA) is 65.0 Å². The summed E-state index contributed by atoms with van der Waals surface area (Å²) in [7, 11) is 3.05. The smallest absolute Gasteiger partial charge is 0.449 e. The second-order valence-corrected chi connectivity index (χ2v) is 8.16. The fourth-order valence-corrected chi connectivity index (χ4v) is 3.55. The van der Waals surface area contributed by atoms with E-state index in [0.29, 0.717) is 33.9 Å². The Balaban J connectivity index is 1.59. The van der Waals surface area contributed by atoms with E-state index in [9.17, 15) is 13.2 Å². The van der Waals surface area contributed by atoms with E-state index in [1.54, 1.807) is 24.4 Å². The summed E-state index contributed by atoms with van der Waals surface area (Å²) < 4.78 is 57.4. The molecule has 1 heterocycles. The maximum atomic E-state index is 13.6. The van der Waals surface area contributed by atoms with Gasteiger partial charge in [-0.1, -0.05) is 23.2 Å². The lowest BCUT2D eigenvalue weighted by Crippen LogP contribution is -2.30. The number of methoxy groups -OCH3 is 2. The fraction of sp³-hybridized carbons (Fsp3) is 0.120. The SMILES string of the molecule is COc1cc2nccc(Oc3ccc(N=C(Nc4ccc(Cl)c(Cl)c4)C(F)(F)F)cc3)c2cc1OC. The van der Waals surface area contributed by atoms with Crippen molar-refractivity contribution >= 4 is 51.3 Å². The van der Waals surface area contributed by atoms with Crippen molar-refractivity contribution in [2.24, 2.45) is 4.99 Å². The number of pyridine rings is 1. The predicted molar refractivity (Wildman–Crippen MR) is 135 cm³/mol. The van der Waals surface area contributed by atoms with Gasteiger partial charge in [-0.05, 0) is 54.6 Å². The van der Waals surface area contributed by atoms with Gasteiger partial charge in [0.25, 0.3) is 0 Å². The monoisotopic (exact) mass is 535 g/mol. The number of aliphatic imine (C=N–C) groups is 1. The van der Waals surface area contributed by atoms with E-state index in [-0.39, 0.29) is 21.4 Å². The minimum atomic E-state index is -4.74. The van der Waals surface area contributed by atoms with Crippen molar-refractivity contribution in [3.8, 4) is 23.0 Å². The number of halogens is 5. The molecule has 0 aliphatic heterocycles. The maximum absolute atomic E-state index is 13.6. The highest BCUT2D eigenvalue weighted by Crippen LogP contribution is 2.37. The summed E-state index contributed by atoms with van der Waals surface area (Å²) in [4.78, 5) is 8.05. The lowest BCUT2D eigenvalue weighted by atomic mass is 10.2. The second kappa shape index (κ2) is 10.5. The van der Waals surface area contributed by atoms with Gasteiger partial charge in [0.05, 0.1) is 35.5 Å². The molecular weight excluding hydrogens is 518 g/mol. The summed E-state index contributed by atoms with van der Waals surface area (Å²) in [5.41, 5.74) is 0.778. The molecule has 0 atom stereocenters. The third-order valence-corrected chi connectivity index (χ3v) is 5.70. The maximum Gasteiger partial charge on any atom is 0.449 e. The molecule has 1 N–H and O–H groups in total. The first-order valence-corrected chi connectivity index (χ1v) is 11.1. The molecule has 1 aromatic heterocycles. The van der Waals surface area contributed by atoms with Crippen LogP contribution in [0.15, 0.2) is 71.9 Å². The van der Waals surface area contributed by atoms with E-state index in [1.807, 2.05) is 0 Å². The van der Waals surface area contributed by atoms with Crippen LogP contribution < -0.4 is 19.5 Å². The van der Waals surface area contributed by atoms with Gasteiger partial charge in [0, 0.05) is 23.3 Å². The molecule has 3 aromatic carbocycles. The van der Waals surface area contributed by atoms with Gasteiger partial charge >= 0.3 is 6.18 Å². The first-order chi connectivity index (χ1) is 17.2. The van der Waals surface area contributed by atoms with Crippen LogP contribution >= 0.6 is 23.2 Å². The number of benzene rings is 3. The van der Waals surface area contributed by atoms with Crippen LogP contribution in [0.1, 0.15) is 0 Å². The predicted octanol–water partition coefficient (Wildman–Crippen LogP) is 8.06. The van der Waals surface area contributed by atoms with Crippen molar-refractivity contribution in [2.45, 2.75) is 6.18 Å². The normalized spacial score (nSPS) is 11.9. The van der Waals surface area contributed by atoms with Crippen LogP contribution in [0.2, 0.25) is 10.0 Å². The molecule has 0 spiro atoms. The summed E-state index contributed by atoms with van der Waals surface area (Å²) in [6.07, 6.45) is -3.16. The molecule has 11 heteroatoms. The number of nitrogens with zero attached hydrogens (tertiary/aromatic N) is 2. The Labute approximate surface area is 214 Å². The number of amidine groups is 1. The van der Waals surface area contributed by atoms with Gasteiger partial charge in [-0.3, -0.25) is 4.98 Å². The number of aromatic nitrogens is 1. The number of hydrogen-bond donors (Lipinski definition) is 1. The molecule has 0 unspecified atom stereocenters. The van der Waals surface area contributed by atoms with Crippen LogP contribution in [0.3, 0.4) is 0 Å². The van der Waals surface area contributed by atoms with Crippen molar-refractivity contribution in [3.05, 3.63) is 76.9 Å². The summed E-state index contributed by atoms with van der Waals surface area (Å²) >= 11 is 11.7. The summed E-state index contributed by atoms with van der Waals surface area (Å²) in [5, 5.41) is 3.26. The number of ether oxygens (including phenoxy) is 3. The number of anilines is 1. The van der Waals surface area contributed by atoms with Crippen LogP contribution in [-0.2, 0) is 0 Å². The lowest BCUT2D eigenvalue weighted by molar-refractivity contribution is -0.0586.